The number of rotatable bonds is 0. The lowest BCUT2D eigenvalue weighted by Crippen LogP contribution is -2.04. The highest BCUT2D eigenvalue weighted by molar-refractivity contribution is 9.09. The van der Waals surface area contributed by atoms with E-state index in [2.05, 4.69) is 15.9 Å². The molecule has 0 aromatic rings. The predicted octanol–water partition coefficient (Wildman–Crippen LogP) is 2.43. The zero-order valence-corrected chi connectivity index (χ0v) is 5.96. The molecule has 0 saturated carbocycles. The van der Waals surface area contributed by atoms with Crippen molar-refractivity contribution >= 4 is 15.9 Å². The monoisotopic (exact) mass is 152 g/mol. The highest BCUT2D eigenvalue weighted by Crippen LogP contribution is 2.14. The average Bonchev–Trinajstić information content (AvgIpc) is 1.25. The molecule has 0 rings (SSSR count). The molecule has 0 nitrogen and oxygen atoms in total. The van der Waals surface area contributed by atoms with Gasteiger partial charge in [-0.05, 0) is 5.41 Å². The van der Waals surface area contributed by atoms with Crippen LogP contribution >= 0.6 is 15.9 Å². The highest BCUT2D eigenvalue weighted by atomic mass is 79.9. The lowest BCUT2D eigenvalue weighted by molar-refractivity contribution is 0.484. The van der Waals surface area contributed by atoms with Crippen LogP contribution in [0.25, 0.3) is 0 Å². The van der Waals surface area contributed by atoms with Crippen LogP contribution in [-0.4, -0.2) is 5.28 Å². The minimum atomic E-state index is -1.25. The van der Waals surface area contributed by atoms with Crippen LogP contribution in [0.5, 0.6) is 0 Å². The highest BCUT2D eigenvalue weighted by Gasteiger charge is 2.04. The summed E-state index contributed by atoms with van der Waals surface area (Å²) in [6.07, 6.45) is 0. The summed E-state index contributed by atoms with van der Waals surface area (Å²) < 4.78 is 14.3. The van der Waals surface area contributed by atoms with Gasteiger partial charge in [-0.2, -0.15) is 0 Å². The molecule has 0 heterocycles. The van der Waals surface area contributed by atoms with Gasteiger partial charge in [0.2, 0.25) is 0 Å². The molecule has 0 aromatic carbocycles. The zero-order chi connectivity index (χ0) is 7.00. The first-order valence-corrected chi connectivity index (χ1v) is 2.73. The minimum Gasteiger partial charge on any atom is -0.0922 e. The Kier molecular flexibility index (Phi) is 1.14. The molecule has 0 radical (unpaired) electrons. The molecular weight excluding hydrogens is 140 g/mol. The van der Waals surface area contributed by atoms with Crippen LogP contribution in [0.1, 0.15) is 23.5 Å². The van der Waals surface area contributed by atoms with Gasteiger partial charge >= 0.3 is 0 Å². The van der Waals surface area contributed by atoms with Crippen LogP contribution in [0.4, 0.5) is 0 Å². The van der Waals surface area contributed by atoms with Gasteiger partial charge in [0.15, 0.2) is 0 Å². The second kappa shape index (κ2) is 1.97. The smallest absolute Gasteiger partial charge is 0.0392 e. The molecule has 0 aliphatic heterocycles. The maximum absolute atomic E-state index is 7.17. The molecular formula is C5H11Br. The second-order valence-corrected chi connectivity index (χ2v) is 2.74. The van der Waals surface area contributed by atoms with Crippen molar-refractivity contribution in [2.24, 2.45) is 5.41 Å². The fourth-order valence-electron chi connectivity index (χ4n) is 0. The van der Waals surface area contributed by atoms with Gasteiger partial charge in [-0.3, -0.25) is 0 Å². The molecule has 6 heavy (non-hydrogen) atoms. The summed E-state index contributed by atoms with van der Waals surface area (Å²) in [6.45, 7) is 5.55. The summed E-state index contributed by atoms with van der Waals surface area (Å²) in [5.41, 5.74) is -0.312. The Labute approximate surface area is 50.9 Å². The maximum atomic E-state index is 7.17. The molecule has 0 amide bonds. The molecule has 0 bridgehead atoms. The van der Waals surface area contributed by atoms with E-state index in [1.54, 1.807) is 0 Å². The maximum Gasteiger partial charge on any atom is 0.0392 e. The normalized spacial score (nSPS) is 19.3. The van der Waals surface area contributed by atoms with Crippen molar-refractivity contribution in [2.75, 3.05) is 5.28 Å². The third-order valence-electron chi connectivity index (χ3n) is 0.283. The number of halogens is 1. The Bertz CT molecular complexity index is 65.4. The quantitative estimate of drug-likeness (QED) is 0.469. The molecule has 1 heteroatoms. The summed E-state index contributed by atoms with van der Waals surface area (Å²) in [5.74, 6) is 0. The molecule has 0 aliphatic carbocycles. The minimum absolute atomic E-state index is 0.312. The van der Waals surface area contributed by atoms with Crippen molar-refractivity contribution in [1.29, 1.82) is 0 Å². The van der Waals surface area contributed by atoms with Gasteiger partial charge in [-0.15, -0.1) is 0 Å². The van der Waals surface area contributed by atoms with E-state index in [4.69, 9.17) is 2.74 Å². The van der Waals surface area contributed by atoms with Gasteiger partial charge in [0.05, 0.1) is 0 Å². The first-order valence-electron chi connectivity index (χ1n) is 2.94. The molecule has 0 saturated heterocycles. The van der Waals surface area contributed by atoms with Crippen molar-refractivity contribution in [1.82, 2.24) is 0 Å². The summed E-state index contributed by atoms with van der Waals surface area (Å²) in [7, 11) is 0. The second-order valence-electron chi connectivity index (χ2n) is 2.34. The van der Waals surface area contributed by atoms with Crippen LogP contribution in [0.3, 0.4) is 0 Å². The summed E-state index contributed by atoms with van der Waals surface area (Å²) >= 11 is 2.93. The van der Waals surface area contributed by atoms with Gasteiger partial charge < -0.3 is 0 Å². The first-order chi connectivity index (χ1) is 3.25. The first kappa shape index (κ1) is 3.48. The third kappa shape index (κ3) is 4.48. The predicted molar refractivity (Wildman–Crippen MR) is 33.2 cm³/mol. The van der Waals surface area contributed by atoms with Crippen molar-refractivity contribution in [3.8, 4) is 0 Å². The molecule has 0 fully saturated rings. The van der Waals surface area contributed by atoms with Gasteiger partial charge in [-0.25, -0.2) is 0 Å². The van der Waals surface area contributed by atoms with Gasteiger partial charge in [-0.1, -0.05) is 36.7 Å². The van der Waals surface area contributed by atoms with Crippen molar-refractivity contribution in [2.45, 2.75) is 20.8 Å². The van der Waals surface area contributed by atoms with Crippen LogP contribution in [0.2, 0.25) is 0 Å². The van der Waals surface area contributed by atoms with Gasteiger partial charge in [0, 0.05) is 8.02 Å². The SMILES string of the molecule is [2H]C([2H])(Br)C(C)(C)C. The van der Waals surface area contributed by atoms with Crippen LogP contribution in [-0.2, 0) is 0 Å². The van der Waals surface area contributed by atoms with E-state index in [9.17, 15) is 0 Å². The Morgan fingerprint density at radius 1 is 1.67 bits per heavy atom. The molecule has 0 aromatic heterocycles. The number of alkyl halides is 1. The van der Waals surface area contributed by atoms with Crippen molar-refractivity contribution in [3.63, 3.8) is 0 Å². The fraction of sp³-hybridized carbons (Fsp3) is 1.00. The van der Waals surface area contributed by atoms with Gasteiger partial charge in [0.1, 0.15) is 0 Å². The molecule has 0 aliphatic rings. The summed E-state index contributed by atoms with van der Waals surface area (Å²) in [4.78, 5) is 0. The fourth-order valence-corrected chi connectivity index (χ4v) is 0. The standard InChI is InChI=1S/C5H11Br/c1-5(2,3)4-6/h4H2,1-3H3/i4D2. The van der Waals surface area contributed by atoms with E-state index >= 15 is 0 Å². The van der Waals surface area contributed by atoms with E-state index in [-0.39, 0.29) is 5.41 Å². The zero-order valence-electron chi connectivity index (χ0n) is 6.38. The van der Waals surface area contributed by atoms with Crippen LogP contribution in [0.15, 0.2) is 0 Å². The number of hydrogen-bond donors (Lipinski definition) is 0. The summed E-state index contributed by atoms with van der Waals surface area (Å²) in [6, 6.07) is 0. The van der Waals surface area contributed by atoms with E-state index in [1.165, 1.54) is 0 Å². The van der Waals surface area contributed by atoms with E-state index in [0.717, 1.165) is 0 Å². The Balaban J connectivity index is 4.02. The van der Waals surface area contributed by atoms with E-state index in [1.807, 2.05) is 20.8 Å². The van der Waals surface area contributed by atoms with E-state index in [0.29, 0.717) is 0 Å². The molecule has 38 valence electrons. The lowest BCUT2D eigenvalue weighted by atomic mass is 10.0. The van der Waals surface area contributed by atoms with Crippen molar-refractivity contribution in [3.05, 3.63) is 0 Å². The van der Waals surface area contributed by atoms with Crippen LogP contribution < -0.4 is 0 Å². The summed E-state index contributed by atoms with van der Waals surface area (Å²) in [5, 5.41) is -1.25. The number of hydrogen-bond acceptors (Lipinski definition) is 0. The Hall–Kier alpha value is 0.480. The van der Waals surface area contributed by atoms with Gasteiger partial charge in [0.25, 0.3) is 0 Å². The molecule has 0 atom stereocenters. The molecule has 0 spiro atoms. The molecule has 0 N–H and O–H groups in total. The molecule has 0 unspecified atom stereocenters. The Morgan fingerprint density at radius 3 is 1.83 bits per heavy atom. The van der Waals surface area contributed by atoms with E-state index < -0.39 is 5.28 Å². The average molecular weight is 153 g/mol. The van der Waals surface area contributed by atoms with Crippen molar-refractivity contribution < 1.29 is 2.74 Å². The third-order valence-corrected chi connectivity index (χ3v) is 1.47. The topological polar surface area (TPSA) is 0 Å². The van der Waals surface area contributed by atoms with Crippen LogP contribution in [0, 0.1) is 5.41 Å². The lowest BCUT2D eigenvalue weighted by Gasteiger charge is -2.11. The largest absolute Gasteiger partial charge is 0.0922 e. The Morgan fingerprint density at radius 2 is 1.83 bits per heavy atom.